The molecule has 0 unspecified atom stereocenters. The zero-order valence-electron chi connectivity index (χ0n) is 18.9. The summed E-state index contributed by atoms with van der Waals surface area (Å²) in [6, 6.07) is 9.25. The lowest BCUT2D eigenvalue weighted by atomic mass is 10.1. The molecule has 33 heavy (non-hydrogen) atoms. The van der Waals surface area contributed by atoms with Crippen molar-refractivity contribution in [1.82, 2.24) is 29.9 Å². The molecule has 5 rings (SSSR count). The van der Waals surface area contributed by atoms with Gasteiger partial charge in [0, 0.05) is 25.2 Å². The van der Waals surface area contributed by atoms with Crippen LogP contribution in [0.4, 0.5) is 0 Å². The molecular weight excluding hydrogens is 440 g/mol. The Kier molecular flexibility index (Phi) is 5.62. The summed E-state index contributed by atoms with van der Waals surface area (Å²) in [4.78, 5) is 20.4. The number of hydrogen-bond donors (Lipinski definition) is 0. The second-order valence-electron chi connectivity index (χ2n) is 8.48. The third kappa shape index (κ3) is 4.11. The predicted molar refractivity (Wildman–Crippen MR) is 125 cm³/mol. The number of carbonyl (C=O) groups excluding carboxylic acids is 1. The summed E-state index contributed by atoms with van der Waals surface area (Å²) in [5.41, 5.74) is 3.80. The lowest BCUT2D eigenvalue weighted by Gasteiger charge is -2.21. The van der Waals surface area contributed by atoms with E-state index >= 15 is 0 Å². The highest BCUT2D eigenvalue weighted by molar-refractivity contribution is 6.33. The molecule has 8 nitrogen and oxygen atoms in total. The fraction of sp³-hybridized carbons (Fsp3) is 0.375. The zero-order chi connectivity index (χ0) is 23.1. The minimum Gasteiger partial charge on any atom is -0.419 e. The van der Waals surface area contributed by atoms with Crippen LogP contribution >= 0.6 is 11.6 Å². The van der Waals surface area contributed by atoms with Gasteiger partial charge in [0.1, 0.15) is 0 Å². The summed E-state index contributed by atoms with van der Waals surface area (Å²) < 4.78 is 7.63. The molecular formula is C24H25ClN6O2. The molecule has 1 amide bonds. The molecule has 0 bridgehead atoms. The van der Waals surface area contributed by atoms with E-state index in [-0.39, 0.29) is 12.5 Å². The van der Waals surface area contributed by atoms with E-state index < -0.39 is 0 Å². The van der Waals surface area contributed by atoms with Crippen LogP contribution in [-0.2, 0) is 13.6 Å². The maximum atomic E-state index is 13.8. The van der Waals surface area contributed by atoms with Gasteiger partial charge in [0.2, 0.25) is 11.8 Å². The highest BCUT2D eigenvalue weighted by Gasteiger charge is 2.30. The SMILES string of the molecule is CCCN(Cc1nnc(-c2ccccc2Cl)o1)C(=O)c1cc(C2CC2)nc2c1c(C)nn2C. The van der Waals surface area contributed by atoms with Crippen molar-refractivity contribution in [3.63, 3.8) is 0 Å². The Bertz CT molecular complexity index is 1340. The molecule has 0 spiro atoms. The summed E-state index contributed by atoms with van der Waals surface area (Å²) in [5, 5.41) is 14.2. The molecule has 1 aliphatic carbocycles. The molecule has 0 atom stereocenters. The number of fused-ring (bicyclic) bond motifs is 1. The fourth-order valence-electron chi connectivity index (χ4n) is 4.14. The van der Waals surface area contributed by atoms with Gasteiger partial charge in [0.15, 0.2) is 5.65 Å². The minimum absolute atomic E-state index is 0.0836. The van der Waals surface area contributed by atoms with Gasteiger partial charge in [0.25, 0.3) is 5.91 Å². The second-order valence-corrected chi connectivity index (χ2v) is 8.89. The van der Waals surface area contributed by atoms with Gasteiger partial charge in [-0.2, -0.15) is 5.10 Å². The molecule has 0 saturated heterocycles. The van der Waals surface area contributed by atoms with Gasteiger partial charge in [-0.3, -0.25) is 9.48 Å². The normalized spacial score (nSPS) is 13.6. The van der Waals surface area contributed by atoms with Crippen LogP contribution in [0.25, 0.3) is 22.5 Å². The Morgan fingerprint density at radius 3 is 2.79 bits per heavy atom. The van der Waals surface area contributed by atoms with E-state index in [0.29, 0.717) is 40.4 Å². The Balaban J connectivity index is 1.49. The first-order chi connectivity index (χ1) is 16.0. The molecule has 0 aliphatic heterocycles. The summed E-state index contributed by atoms with van der Waals surface area (Å²) in [6.07, 6.45) is 3.01. The lowest BCUT2D eigenvalue weighted by molar-refractivity contribution is 0.0730. The number of halogens is 1. The topological polar surface area (TPSA) is 89.9 Å². The van der Waals surface area contributed by atoms with E-state index in [4.69, 9.17) is 21.0 Å². The third-order valence-corrected chi connectivity index (χ3v) is 6.22. The highest BCUT2D eigenvalue weighted by Crippen LogP contribution is 2.40. The monoisotopic (exact) mass is 464 g/mol. The number of pyridine rings is 1. The number of hydrogen-bond acceptors (Lipinski definition) is 6. The number of aryl methyl sites for hydroxylation is 2. The van der Waals surface area contributed by atoms with E-state index in [1.807, 2.05) is 45.2 Å². The maximum absolute atomic E-state index is 13.8. The van der Waals surface area contributed by atoms with E-state index in [9.17, 15) is 4.79 Å². The van der Waals surface area contributed by atoms with Crippen LogP contribution in [0.15, 0.2) is 34.7 Å². The van der Waals surface area contributed by atoms with Gasteiger partial charge in [0.05, 0.1) is 33.8 Å². The predicted octanol–water partition coefficient (Wildman–Crippen LogP) is 4.91. The Hall–Kier alpha value is -3.26. The second kappa shape index (κ2) is 8.59. The van der Waals surface area contributed by atoms with Gasteiger partial charge in [-0.05, 0) is 44.4 Å². The molecule has 1 saturated carbocycles. The van der Waals surface area contributed by atoms with Gasteiger partial charge >= 0.3 is 0 Å². The molecule has 9 heteroatoms. The van der Waals surface area contributed by atoms with Crippen molar-refractivity contribution in [2.45, 2.75) is 45.6 Å². The van der Waals surface area contributed by atoms with E-state index in [1.165, 1.54) is 0 Å². The van der Waals surface area contributed by atoms with Gasteiger partial charge < -0.3 is 9.32 Å². The first kappa shape index (κ1) is 21.6. The Morgan fingerprint density at radius 2 is 2.06 bits per heavy atom. The molecule has 1 fully saturated rings. The molecule has 1 aliphatic rings. The first-order valence-corrected chi connectivity index (χ1v) is 11.5. The highest BCUT2D eigenvalue weighted by atomic mass is 35.5. The Morgan fingerprint density at radius 1 is 1.27 bits per heavy atom. The Labute approximate surface area is 196 Å². The van der Waals surface area contributed by atoms with Gasteiger partial charge in [-0.1, -0.05) is 30.7 Å². The number of carbonyl (C=O) groups is 1. The summed E-state index contributed by atoms with van der Waals surface area (Å²) in [7, 11) is 1.87. The van der Waals surface area contributed by atoms with Crippen molar-refractivity contribution in [2.24, 2.45) is 7.05 Å². The van der Waals surface area contributed by atoms with E-state index in [2.05, 4.69) is 15.3 Å². The van der Waals surface area contributed by atoms with E-state index in [1.54, 1.807) is 15.6 Å². The zero-order valence-corrected chi connectivity index (χ0v) is 19.6. The minimum atomic E-state index is -0.0836. The number of nitrogens with zero attached hydrogens (tertiary/aromatic N) is 6. The van der Waals surface area contributed by atoms with Crippen molar-refractivity contribution in [1.29, 1.82) is 0 Å². The number of rotatable bonds is 7. The summed E-state index contributed by atoms with van der Waals surface area (Å²) in [5.74, 6) is 1.04. The van der Waals surface area contributed by atoms with Crippen LogP contribution in [0.2, 0.25) is 5.02 Å². The summed E-state index contributed by atoms with van der Waals surface area (Å²) >= 11 is 6.27. The molecule has 3 aromatic heterocycles. The van der Waals surface area contributed by atoms with Gasteiger partial charge in [-0.15, -0.1) is 10.2 Å². The molecule has 1 aromatic carbocycles. The number of amides is 1. The average molecular weight is 465 g/mol. The van der Waals surface area contributed by atoms with Crippen molar-refractivity contribution in [3.05, 3.63) is 58.2 Å². The van der Waals surface area contributed by atoms with Crippen molar-refractivity contribution in [3.8, 4) is 11.5 Å². The molecule has 3 heterocycles. The van der Waals surface area contributed by atoms with E-state index in [0.717, 1.165) is 41.7 Å². The summed E-state index contributed by atoms with van der Waals surface area (Å²) in [6.45, 7) is 4.72. The van der Waals surface area contributed by atoms with Crippen LogP contribution in [0.3, 0.4) is 0 Å². The van der Waals surface area contributed by atoms with Crippen LogP contribution in [0, 0.1) is 6.92 Å². The number of benzene rings is 1. The molecule has 0 N–H and O–H groups in total. The quantitative estimate of drug-likeness (QED) is 0.386. The maximum Gasteiger partial charge on any atom is 0.255 e. The van der Waals surface area contributed by atoms with Crippen LogP contribution in [-0.4, -0.2) is 42.3 Å². The van der Waals surface area contributed by atoms with Crippen molar-refractivity contribution in [2.75, 3.05) is 6.54 Å². The van der Waals surface area contributed by atoms with Crippen molar-refractivity contribution < 1.29 is 9.21 Å². The first-order valence-electron chi connectivity index (χ1n) is 11.2. The van der Waals surface area contributed by atoms with Crippen LogP contribution in [0.1, 0.15) is 59.7 Å². The van der Waals surface area contributed by atoms with Crippen LogP contribution < -0.4 is 0 Å². The van der Waals surface area contributed by atoms with Crippen molar-refractivity contribution >= 4 is 28.5 Å². The standard InChI is InChI=1S/C24H25ClN6O2/c1-4-11-31(13-20-27-28-23(33-20)16-7-5-6-8-18(16)25)24(32)17-12-19(15-9-10-15)26-22-21(17)14(2)29-30(22)3/h5-8,12,15H,4,9-11,13H2,1-3H3. The lowest BCUT2D eigenvalue weighted by Crippen LogP contribution is -2.31. The van der Waals surface area contributed by atoms with Crippen LogP contribution in [0.5, 0.6) is 0 Å². The average Bonchev–Trinajstić information content (AvgIpc) is 3.49. The molecule has 0 radical (unpaired) electrons. The fourth-order valence-corrected chi connectivity index (χ4v) is 4.35. The third-order valence-electron chi connectivity index (χ3n) is 5.89. The molecule has 170 valence electrons. The van der Waals surface area contributed by atoms with Gasteiger partial charge in [-0.25, -0.2) is 4.98 Å². The molecule has 4 aromatic rings. The smallest absolute Gasteiger partial charge is 0.255 e. The number of aromatic nitrogens is 5. The largest absolute Gasteiger partial charge is 0.419 e.